The van der Waals surface area contributed by atoms with Crippen LogP contribution in [0, 0.1) is 0 Å². The van der Waals surface area contributed by atoms with Crippen molar-refractivity contribution in [2.45, 2.75) is 39.0 Å². The second kappa shape index (κ2) is 8.19. The van der Waals surface area contributed by atoms with Crippen molar-refractivity contribution in [3.63, 3.8) is 0 Å². The summed E-state index contributed by atoms with van der Waals surface area (Å²) in [6, 6.07) is 0. The molecular formula is C10H21O3P. The second-order valence-electron chi connectivity index (χ2n) is 3.59. The predicted octanol–water partition coefficient (Wildman–Crippen LogP) is 3.08. The predicted molar refractivity (Wildman–Crippen MR) is 59.2 cm³/mol. The van der Waals surface area contributed by atoms with E-state index in [2.05, 4.69) is 6.92 Å². The maximum absolute atomic E-state index is 11.6. The van der Waals surface area contributed by atoms with Crippen molar-refractivity contribution in [2.24, 2.45) is 0 Å². The molecule has 3 nitrogen and oxygen atoms in total. The fraction of sp³-hybridized carbons (Fsp3) is 0.900. The number of carbonyl (C=O) groups is 1. The van der Waals surface area contributed by atoms with E-state index in [0.29, 0.717) is 19.2 Å². The minimum absolute atomic E-state index is 0.336. The van der Waals surface area contributed by atoms with Crippen LogP contribution < -0.4 is 0 Å². The molecule has 0 fully saturated rings. The zero-order valence-corrected chi connectivity index (χ0v) is 10.1. The second-order valence-corrected chi connectivity index (χ2v) is 6.32. The van der Waals surface area contributed by atoms with Gasteiger partial charge < -0.3 is 9.32 Å². The Morgan fingerprint density at radius 2 is 2.00 bits per heavy atom. The van der Waals surface area contributed by atoms with E-state index in [1.54, 1.807) is 6.66 Å². The zero-order valence-electron chi connectivity index (χ0n) is 9.20. The van der Waals surface area contributed by atoms with Crippen molar-refractivity contribution in [2.75, 3.05) is 19.4 Å². The maximum atomic E-state index is 11.6. The Labute approximate surface area is 86.7 Å². The molecule has 0 heterocycles. The summed E-state index contributed by atoms with van der Waals surface area (Å²) in [7, 11) is -2.49. The van der Waals surface area contributed by atoms with Gasteiger partial charge in [-0.3, -0.25) is 4.57 Å². The molecule has 0 radical (unpaired) electrons. The van der Waals surface area contributed by atoms with Crippen molar-refractivity contribution < 1.29 is 13.9 Å². The lowest BCUT2D eigenvalue weighted by molar-refractivity contribution is -0.107. The Morgan fingerprint density at radius 3 is 2.57 bits per heavy atom. The average Bonchev–Trinajstić information content (AvgIpc) is 2.15. The molecule has 0 aliphatic rings. The summed E-state index contributed by atoms with van der Waals surface area (Å²) in [6.07, 6.45) is 5.99. The molecule has 0 aliphatic heterocycles. The van der Waals surface area contributed by atoms with Gasteiger partial charge in [-0.15, -0.1) is 0 Å². The molecule has 0 bridgehead atoms. The van der Waals surface area contributed by atoms with Crippen LogP contribution in [-0.2, 0) is 13.9 Å². The first-order valence-corrected chi connectivity index (χ1v) is 7.53. The average molecular weight is 220 g/mol. The standard InChI is InChI=1S/C10H21O3P/c1-3-4-5-6-9-13-14(2,12)10-7-8-11/h8H,3-7,9-10H2,1-2H3. The molecule has 0 saturated heterocycles. The van der Waals surface area contributed by atoms with Crippen LogP contribution in [-0.4, -0.2) is 25.7 Å². The largest absolute Gasteiger partial charge is 0.329 e. The molecule has 0 saturated carbocycles. The first-order valence-electron chi connectivity index (χ1n) is 5.27. The van der Waals surface area contributed by atoms with Crippen molar-refractivity contribution in [3.05, 3.63) is 0 Å². The van der Waals surface area contributed by atoms with Crippen molar-refractivity contribution >= 4 is 13.7 Å². The van der Waals surface area contributed by atoms with Crippen LogP contribution in [0.15, 0.2) is 0 Å². The smallest absolute Gasteiger partial charge is 0.200 e. The van der Waals surface area contributed by atoms with E-state index < -0.39 is 7.37 Å². The molecular weight excluding hydrogens is 199 g/mol. The van der Waals surface area contributed by atoms with E-state index >= 15 is 0 Å². The Hall–Kier alpha value is -0.140. The number of rotatable bonds is 9. The first-order chi connectivity index (χ1) is 6.62. The van der Waals surface area contributed by atoms with Crippen LogP contribution in [0.4, 0.5) is 0 Å². The molecule has 1 atom stereocenters. The van der Waals surface area contributed by atoms with Gasteiger partial charge in [-0.2, -0.15) is 0 Å². The molecule has 1 unspecified atom stereocenters. The van der Waals surface area contributed by atoms with E-state index in [0.717, 1.165) is 19.1 Å². The number of hydrogen-bond acceptors (Lipinski definition) is 3. The summed E-state index contributed by atoms with van der Waals surface area (Å²) < 4.78 is 16.9. The first kappa shape index (κ1) is 13.9. The van der Waals surface area contributed by atoms with E-state index in [9.17, 15) is 9.36 Å². The third-order valence-corrected chi connectivity index (χ3v) is 3.81. The van der Waals surface area contributed by atoms with Crippen LogP contribution in [0.1, 0.15) is 39.0 Å². The van der Waals surface area contributed by atoms with Gasteiger partial charge in [0.2, 0.25) is 7.37 Å². The molecule has 14 heavy (non-hydrogen) atoms. The third kappa shape index (κ3) is 8.46. The summed E-state index contributed by atoms with van der Waals surface area (Å²) in [5.41, 5.74) is 0. The summed E-state index contributed by atoms with van der Waals surface area (Å²) in [5.74, 6) is 0. The molecule has 4 heteroatoms. The summed E-state index contributed by atoms with van der Waals surface area (Å²) in [4.78, 5) is 10.1. The highest BCUT2D eigenvalue weighted by atomic mass is 31.2. The van der Waals surface area contributed by atoms with Crippen molar-refractivity contribution in [1.29, 1.82) is 0 Å². The Morgan fingerprint density at radius 1 is 1.29 bits per heavy atom. The zero-order chi connectivity index (χ0) is 10.9. The highest BCUT2D eigenvalue weighted by molar-refractivity contribution is 7.58. The minimum atomic E-state index is -2.49. The topological polar surface area (TPSA) is 43.4 Å². The Kier molecular flexibility index (Phi) is 8.11. The number of hydrogen-bond donors (Lipinski definition) is 0. The summed E-state index contributed by atoms with van der Waals surface area (Å²) in [5, 5.41) is 0. The highest BCUT2D eigenvalue weighted by Gasteiger charge is 2.14. The van der Waals surface area contributed by atoms with Gasteiger partial charge in [0.05, 0.1) is 6.61 Å². The quantitative estimate of drug-likeness (QED) is 0.340. The number of unbranched alkanes of at least 4 members (excludes halogenated alkanes) is 3. The molecule has 0 rings (SSSR count). The van der Waals surface area contributed by atoms with Crippen molar-refractivity contribution in [3.8, 4) is 0 Å². The Balaban J connectivity index is 3.45. The van der Waals surface area contributed by atoms with Gasteiger partial charge in [-0.25, -0.2) is 0 Å². The SMILES string of the molecule is CCCCCCOP(C)(=O)CCC=O. The lowest BCUT2D eigenvalue weighted by atomic mass is 10.2. The van der Waals surface area contributed by atoms with Gasteiger partial charge in [0.25, 0.3) is 0 Å². The maximum Gasteiger partial charge on any atom is 0.200 e. The fourth-order valence-corrected chi connectivity index (χ4v) is 2.36. The van der Waals surface area contributed by atoms with Crippen LogP contribution in [0.3, 0.4) is 0 Å². The molecule has 0 N–H and O–H groups in total. The highest BCUT2D eigenvalue weighted by Crippen LogP contribution is 2.42. The lowest BCUT2D eigenvalue weighted by Gasteiger charge is -2.11. The van der Waals surface area contributed by atoms with E-state index in [1.165, 1.54) is 12.8 Å². The van der Waals surface area contributed by atoms with E-state index in [4.69, 9.17) is 4.52 Å². The summed E-state index contributed by atoms with van der Waals surface area (Å²) >= 11 is 0. The van der Waals surface area contributed by atoms with Crippen LogP contribution >= 0.6 is 7.37 Å². The minimum Gasteiger partial charge on any atom is -0.329 e. The molecule has 0 aliphatic carbocycles. The van der Waals surface area contributed by atoms with Gasteiger partial charge >= 0.3 is 0 Å². The molecule has 0 aromatic carbocycles. The third-order valence-electron chi connectivity index (χ3n) is 2.02. The molecule has 0 amide bonds. The van der Waals surface area contributed by atoms with E-state index in [-0.39, 0.29) is 0 Å². The molecule has 0 spiro atoms. The van der Waals surface area contributed by atoms with Crippen LogP contribution in [0.2, 0.25) is 0 Å². The normalized spacial score (nSPS) is 15.0. The molecule has 84 valence electrons. The van der Waals surface area contributed by atoms with Gasteiger partial charge in [0.1, 0.15) is 6.29 Å². The van der Waals surface area contributed by atoms with Crippen LogP contribution in [0.25, 0.3) is 0 Å². The monoisotopic (exact) mass is 220 g/mol. The Bertz CT molecular complexity index is 192. The van der Waals surface area contributed by atoms with Crippen molar-refractivity contribution in [1.82, 2.24) is 0 Å². The molecule has 0 aromatic heterocycles. The van der Waals surface area contributed by atoms with E-state index in [1.807, 2.05) is 0 Å². The van der Waals surface area contributed by atoms with Gasteiger partial charge in [-0.1, -0.05) is 26.2 Å². The van der Waals surface area contributed by atoms with Gasteiger partial charge in [0.15, 0.2) is 0 Å². The lowest BCUT2D eigenvalue weighted by Crippen LogP contribution is -1.97. The molecule has 0 aromatic rings. The number of carbonyl (C=O) groups excluding carboxylic acids is 1. The van der Waals surface area contributed by atoms with Gasteiger partial charge in [0, 0.05) is 19.2 Å². The van der Waals surface area contributed by atoms with Crippen LogP contribution in [0.5, 0.6) is 0 Å². The van der Waals surface area contributed by atoms with Gasteiger partial charge in [-0.05, 0) is 6.42 Å². The fourth-order valence-electron chi connectivity index (χ4n) is 1.14. The summed E-state index contributed by atoms with van der Waals surface area (Å²) in [6.45, 7) is 4.32. The number of aldehydes is 1.